The molecule has 220 valence electrons. The molecule has 0 fully saturated rings. The van der Waals surface area contributed by atoms with Gasteiger partial charge in [0.25, 0.3) is 0 Å². The number of ether oxygens (including phenoxy) is 6. The maximum Gasteiger partial charge on any atom is 0.372 e. The van der Waals surface area contributed by atoms with Gasteiger partial charge in [-0.25, -0.2) is 9.37 Å². The van der Waals surface area contributed by atoms with Crippen LogP contribution < -0.4 is 23.7 Å². The molecule has 0 aromatic heterocycles. The lowest BCUT2D eigenvalue weighted by Crippen LogP contribution is -2.35. The van der Waals surface area contributed by atoms with Crippen molar-refractivity contribution in [3.8, 4) is 28.7 Å². The fourth-order valence-corrected chi connectivity index (χ4v) is 5.05. The van der Waals surface area contributed by atoms with Crippen molar-refractivity contribution >= 4 is 23.3 Å². The molecule has 8 nitrogen and oxygen atoms in total. The predicted molar refractivity (Wildman–Crippen MR) is 164 cm³/mol. The number of nitrogens with zero attached hydrogens (tertiary/aromatic N) is 1. The Bertz CT molecular complexity index is 1510. The first kappa shape index (κ1) is 30.2. The van der Waals surface area contributed by atoms with Crippen molar-refractivity contribution in [3.05, 3.63) is 89.5 Å². The second-order valence-corrected chi connectivity index (χ2v) is 9.45. The molecular formula is C34H38NO7+. The van der Waals surface area contributed by atoms with Gasteiger partial charge >= 0.3 is 5.97 Å². The summed E-state index contributed by atoms with van der Waals surface area (Å²) in [6, 6.07) is 17.6. The van der Waals surface area contributed by atoms with Gasteiger partial charge in [-0.2, -0.15) is 0 Å². The van der Waals surface area contributed by atoms with Crippen molar-refractivity contribution in [1.82, 2.24) is 0 Å². The number of methoxy groups -OCH3 is 4. The first-order chi connectivity index (χ1) is 20.5. The minimum absolute atomic E-state index is 0.0796. The van der Waals surface area contributed by atoms with Gasteiger partial charge in [-0.05, 0) is 54.5 Å². The van der Waals surface area contributed by atoms with Crippen LogP contribution in [-0.2, 0) is 16.0 Å². The molecular weight excluding hydrogens is 534 g/mol. The lowest BCUT2D eigenvalue weighted by molar-refractivity contribution is -0.518. The van der Waals surface area contributed by atoms with Crippen LogP contribution in [0.25, 0.3) is 11.6 Å². The van der Waals surface area contributed by atoms with Crippen molar-refractivity contribution in [1.29, 1.82) is 0 Å². The van der Waals surface area contributed by atoms with E-state index >= 15 is 0 Å². The van der Waals surface area contributed by atoms with Crippen molar-refractivity contribution in [2.24, 2.45) is 0 Å². The minimum Gasteiger partial charge on any atom is -0.493 e. The average molecular weight is 573 g/mol. The number of carbonyl (C=O) groups is 1. The van der Waals surface area contributed by atoms with E-state index in [0.29, 0.717) is 54.9 Å². The molecule has 3 aromatic carbocycles. The largest absolute Gasteiger partial charge is 0.493 e. The van der Waals surface area contributed by atoms with E-state index in [9.17, 15) is 4.79 Å². The summed E-state index contributed by atoms with van der Waals surface area (Å²) >= 11 is 0. The first-order valence-electron chi connectivity index (χ1n) is 13.8. The Morgan fingerprint density at radius 2 is 1.57 bits per heavy atom. The molecule has 4 rings (SSSR count). The van der Waals surface area contributed by atoms with E-state index in [0.717, 1.165) is 33.5 Å². The lowest BCUT2D eigenvalue weighted by atomic mass is 9.87. The number of carbonyl (C=O) groups excluding carboxylic acids is 1. The molecule has 0 bridgehead atoms. The van der Waals surface area contributed by atoms with Gasteiger partial charge in [-0.15, -0.1) is 0 Å². The highest BCUT2D eigenvalue weighted by atomic mass is 16.5. The number of fused-ring (bicyclic) bond motifs is 1. The summed E-state index contributed by atoms with van der Waals surface area (Å²) in [6.07, 6.45) is 4.48. The Labute approximate surface area is 247 Å². The number of allylic oxidation sites excluding steroid dienone is 1. The van der Waals surface area contributed by atoms with Crippen LogP contribution in [0.15, 0.2) is 67.3 Å². The van der Waals surface area contributed by atoms with E-state index in [1.165, 1.54) is 0 Å². The first-order valence-corrected chi connectivity index (χ1v) is 13.8. The zero-order valence-electron chi connectivity index (χ0n) is 24.9. The molecule has 42 heavy (non-hydrogen) atoms. The number of hydrogen-bond acceptors (Lipinski definition) is 7. The van der Waals surface area contributed by atoms with Gasteiger partial charge in [0.05, 0.1) is 46.2 Å². The number of benzene rings is 3. The maximum atomic E-state index is 12.9. The molecule has 0 saturated heterocycles. The Morgan fingerprint density at radius 3 is 2.26 bits per heavy atom. The standard InChI is InChI=1S/C34H38NO7/c1-7-17-42-28-12-10-9-11-25(28)18-26(23-13-14-29(37-3)30(19-23)38-4)34-27-21-32(40-6)31(39-5)20-24(27)15-16-35(34)22-33(36)41-8-2/h7,9-14,18-21H,1,8,15-17,22H2,2-6H3/q+1/b26-18-. The summed E-state index contributed by atoms with van der Waals surface area (Å²) in [7, 11) is 6.45. The number of hydrogen-bond donors (Lipinski definition) is 0. The van der Waals surface area contributed by atoms with Crippen LogP contribution in [0.5, 0.6) is 28.7 Å². The Kier molecular flexibility index (Phi) is 10.3. The zero-order chi connectivity index (χ0) is 30.1. The zero-order valence-corrected chi connectivity index (χ0v) is 24.9. The van der Waals surface area contributed by atoms with Crippen LogP contribution in [0.2, 0.25) is 0 Å². The quantitative estimate of drug-likeness (QED) is 0.117. The van der Waals surface area contributed by atoms with Gasteiger partial charge in [0.15, 0.2) is 23.0 Å². The molecule has 1 heterocycles. The Hall–Kier alpha value is -4.72. The van der Waals surface area contributed by atoms with Crippen LogP contribution in [0.3, 0.4) is 0 Å². The molecule has 0 spiro atoms. The van der Waals surface area contributed by atoms with Crippen molar-refractivity contribution in [2.75, 3.05) is 54.7 Å². The van der Waals surface area contributed by atoms with E-state index in [1.807, 2.05) is 54.6 Å². The molecule has 0 saturated carbocycles. The molecule has 0 amide bonds. The van der Waals surface area contributed by atoms with E-state index in [-0.39, 0.29) is 12.5 Å². The van der Waals surface area contributed by atoms with Crippen molar-refractivity contribution < 1.29 is 37.8 Å². The topological polar surface area (TPSA) is 75.5 Å². The molecule has 3 aromatic rings. The van der Waals surface area contributed by atoms with E-state index in [1.54, 1.807) is 41.4 Å². The molecule has 0 N–H and O–H groups in total. The molecule has 0 aliphatic carbocycles. The second-order valence-electron chi connectivity index (χ2n) is 9.45. The fraction of sp³-hybridized carbons (Fsp3) is 0.294. The van der Waals surface area contributed by atoms with Gasteiger partial charge in [0.2, 0.25) is 12.3 Å². The predicted octanol–water partition coefficient (Wildman–Crippen LogP) is 5.45. The van der Waals surface area contributed by atoms with Gasteiger partial charge in [-0.1, -0.05) is 36.9 Å². The van der Waals surface area contributed by atoms with Crippen LogP contribution in [0.4, 0.5) is 0 Å². The minimum atomic E-state index is -0.305. The molecule has 1 aliphatic heterocycles. The summed E-state index contributed by atoms with van der Waals surface area (Å²) in [5.74, 6) is 2.83. The maximum absolute atomic E-state index is 12.9. The SMILES string of the molecule is C=CCOc1ccccc1/C=C(\C1=[N+](CC(=O)OCC)CCc2cc(OC)c(OC)cc21)c1ccc(OC)c(OC)c1. The highest BCUT2D eigenvalue weighted by molar-refractivity contribution is 6.34. The van der Waals surface area contributed by atoms with Gasteiger partial charge in [-0.3, -0.25) is 0 Å². The van der Waals surface area contributed by atoms with E-state index < -0.39 is 0 Å². The smallest absolute Gasteiger partial charge is 0.372 e. The van der Waals surface area contributed by atoms with E-state index in [2.05, 4.69) is 17.2 Å². The van der Waals surface area contributed by atoms with Gasteiger partial charge < -0.3 is 28.4 Å². The highest BCUT2D eigenvalue weighted by Crippen LogP contribution is 2.38. The number of para-hydroxylation sites is 1. The lowest BCUT2D eigenvalue weighted by Gasteiger charge is -2.23. The van der Waals surface area contributed by atoms with Crippen LogP contribution in [-0.4, -0.2) is 71.0 Å². The highest BCUT2D eigenvalue weighted by Gasteiger charge is 2.33. The molecule has 8 heteroatoms. The molecule has 0 unspecified atom stereocenters. The average Bonchev–Trinajstić information content (AvgIpc) is 3.02. The van der Waals surface area contributed by atoms with Crippen molar-refractivity contribution in [3.63, 3.8) is 0 Å². The summed E-state index contributed by atoms with van der Waals surface area (Å²) < 4.78 is 36.0. The second kappa shape index (κ2) is 14.3. The van der Waals surface area contributed by atoms with E-state index in [4.69, 9.17) is 28.4 Å². The normalized spacial score (nSPS) is 12.7. The fourth-order valence-electron chi connectivity index (χ4n) is 5.05. The number of esters is 1. The van der Waals surface area contributed by atoms with Crippen LogP contribution in [0, 0.1) is 0 Å². The van der Waals surface area contributed by atoms with Crippen molar-refractivity contribution in [2.45, 2.75) is 13.3 Å². The Balaban J connectivity index is 2.06. The van der Waals surface area contributed by atoms with Gasteiger partial charge in [0, 0.05) is 12.0 Å². The van der Waals surface area contributed by atoms with Gasteiger partial charge in [0.1, 0.15) is 18.9 Å². The molecule has 0 radical (unpaired) electrons. The third-order valence-electron chi connectivity index (χ3n) is 6.98. The summed E-state index contributed by atoms with van der Waals surface area (Å²) in [5, 5.41) is 0. The Morgan fingerprint density at radius 1 is 0.881 bits per heavy atom. The van der Waals surface area contributed by atoms with Crippen LogP contribution >= 0.6 is 0 Å². The monoisotopic (exact) mass is 572 g/mol. The summed E-state index contributed by atoms with van der Waals surface area (Å²) in [4.78, 5) is 12.9. The third kappa shape index (κ3) is 6.60. The van der Waals surface area contributed by atoms with Crippen LogP contribution in [0.1, 0.15) is 29.2 Å². The summed E-state index contributed by atoms with van der Waals surface area (Å²) in [5.41, 5.74) is 5.41. The summed E-state index contributed by atoms with van der Waals surface area (Å²) in [6.45, 7) is 6.93. The third-order valence-corrected chi connectivity index (χ3v) is 6.98. The number of rotatable bonds is 13. The molecule has 0 atom stereocenters. The molecule has 1 aliphatic rings.